The van der Waals surface area contributed by atoms with E-state index in [0.717, 1.165) is 24.3 Å². The van der Waals surface area contributed by atoms with Gasteiger partial charge in [0.25, 0.3) is 0 Å². The van der Waals surface area contributed by atoms with Crippen LogP contribution in [0.25, 0.3) is 0 Å². The largest absolute Gasteiger partial charge is 0.491 e. The fourth-order valence-electron chi connectivity index (χ4n) is 5.08. The molecule has 1 amide bonds. The highest BCUT2D eigenvalue weighted by atomic mass is 32.1. The van der Waals surface area contributed by atoms with Crippen molar-refractivity contribution < 1.29 is 14.6 Å². The molecule has 0 radical (unpaired) electrons. The van der Waals surface area contributed by atoms with Crippen LogP contribution in [0.15, 0.2) is 66.0 Å². The van der Waals surface area contributed by atoms with Crippen molar-refractivity contribution >= 4 is 17.2 Å². The number of ether oxygens (including phenoxy) is 1. The van der Waals surface area contributed by atoms with E-state index >= 15 is 0 Å². The predicted octanol–water partition coefficient (Wildman–Crippen LogP) is 4.88. The summed E-state index contributed by atoms with van der Waals surface area (Å²) < 4.78 is 6.17. The summed E-state index contributed by atoms with van der Waals surface area (Å²) in [5.74, 6) is 1.60. The molecule has 1 saturated carbocycles. The fraction of sp³-hybridized carbons (Fsp3) is 0.433. The van der Waals surface area contributed by atoms with Crippen molar-refractivity contribution in [3.63, 3.8) is 0 Å². The number of hydrogen-bond acceptors (Lipinski definition) is 5. The number of rotatable bonds is 11. The molecule has 3 aromatic rings. The van der Waals surface area contributed by atoms with Gasteiger partial charge in [0.1, 0.15) is 12.4 Å². The second-order valence-electron chi connectivity index (χ2n) is 10.3. The zero-order valence-corrected chi connectivity index (χ0v) is 21.8. The molecule has 190 valence electrons. The summed E-state index contributed by atoms with van der Waals surface area (Å²) in [5.41, 5.74) is 3.53. The summed E-state index contributed by atoms with van der Waals surface area (Å²) in [6.45, 7) is 4.94. The lowest BCUT2D eigenvalue weighted by atomic mass is 10.00. The molecule has 6 heteroatoms. The molecule has 1 fully saturated rings. The van der Waals surface area contributed by atoms with E-state index in [0.29, 0.717) is 38.6 Å². The summed E-state index contributed by atoms with van der Waals surface area (Å²) >= 11 is 1.77. The third-order valence-electron chi connectivity index (χ3n) is 7.20. The molecule has 1 aromatic heterocycles. The van der Waals surface area contributed by atoms with Crippen LogP contribution in [0.4, 0.5) is 0 Å². The van der Waals surface area contributed by atoms with E-state index in [9.17, 15) is 9.90 Å². The zero-order chi connectivity index (χ0) is 24.9. The molecule has 0 unspecified atom stereocenters. The van der Waals surface area contributed by atoms with E-state index in [2.05, 4.69) is 23.3 Å². The minimum Gasteiger partial charge on any atom is -0.491 e. The maximum atomic E-state index is 13.7. The van der Waals surface area contributed by atoms with Gasteiger partial charge >= 0.3 is 0 Å². The number of aliphatic hydroxyl groups excluding tert-OH is 1. The van der Waals surface area contributed by atoms with Crippen molar-refractivity contribution in [3.05, 3.63) is 87.6 Å². The summed E-state index contributed by atoms with van der Waals surface area (Å²) in [6, 6.07) is 20.2. The number of aryl methyl sites for hydroxylation is 1. The van der Waals surface area contributed by atoms with Crippen molar-refractivity contribution in [2.75, 3.05) is 32.8 Å². The molecule has 0 spiro atoms. The Hall–Kier alpha value is -2.67. The maximum Gasteiger partial charge on any atom is 0.237 e. The Labute approximate surface area is 218 Å². The Morgan fingerprint density at radius 1 is 1.14 bits per heavy atom. The molecule has 5 nitrogen and oxygen atoms in total. The van der Waals surface area contributed by atoms with Gasteiger partial charge in [-0.2, -0.15) is 0 Å². The van der Waals surface area contributed by atoms with Gasteiger partial charge in [-0.05, 0) is 73.2 Å². The van der Waals surface area contributed by atoms with Gasteiger partial charge in [0.05, 0.1) is 18.7 Å². The fourth-order valence-corrected chi connectivity index (χ4v) is 6.01. The number of thiophene rings is 1. The second kappa shape index (κ2) is 11.6. The van der Waals surface area contributed by atoms with E-state index < -0.39 is 6.10 Å². The Morgan fingerprint density at radius 3 is 2.67 bits per heavy atom. The second-order valence-corrected chi connectivity index (χ2v) is 11.3. The molecule has 5 rings (SSSR count). The van der Waals surface area contributed by atoms with Gasteiger partial charge in [-0.15, -0.1) is 11.3 Å². The highest BCUT2D eigenvalue weighted by molar-refractivity contribution is 7.10. The van der Waals surface area contributed by atoms with Crippen molar-refractivity contribution in [1.29, 1.82) is 0 Å². The van der Waals surface area contributed by atoms with Gasteiger partial charge in [-0.25, -0.2) is 0 Å². The number of carbonyl (C=O) groups is 1. The standard InChI is InChI=1S/C30H36N2O3S/c1-22-7-11-26(12-8-22)35-21-28-27-14-16-36-29(27)13-15-32(28)30(34)20-31(18-24-9-10-24)19-25(33)17-23-5-3-2-4-6-23/h2-8,11-12,14,16,24-25,28,33H,9-10,13,15,17-21H2,1H3/t25-,28-/m0/s1. The molecule has 2 heterocycles. The number of aliphatic hydroxyl groups is 1. The summed E-state index contributed by atoms with van der Waals surface area (Å²) in [5, 5.41) is 13.0. The maximum absolute atomic E-state index is 13.7. The normalized spacial score (nSPS) is 18.2. The summed E-state index contributed by atoms with van der Waals surface area (Å²) in [4.78, 5) is 19.2. The van der Waals surface area contributed by atoms with Crippen LogP contribution in [0, 0.1) is 12.8 Å². The molecular weight excluding hydrogens is 468 g/mol. The van der Waals surface area contributed by atoms with Crippen LogP contribution < -0.4 is 4.74 Å². The van der Waals surface area contributed by atoms with E-state index in [-0.39, 0.29) is 11.9 Å². The monoisotopic (exact) mass is 504 g/mol. The van der Waals surface area contributed by atoms with E-state index in [1.807, 2.05) is 59.5 Å². The van der Waals surface area contributed by atoms with E-state index in [1.54, 1.807) is 11.3 Å². The molecule has 2 aliphatic rings. The Bertz CT molecular complexity index is 1130. The molecule has 2 aromatic carbocycles. The molecule has 1 N–H and O–H groups in total. The highest BCUT2D eigenvalue weighted by Crippen LogP contribution is 2.34. The predicted molar refractivity (Wildman–Crippen MR) is 144 cm³/mol. The third kappa shape index (κ3) is 6.55. The van der Waals surface area contributed by atoms with Crippen molar-refractivity contribution in [3.8, 4) is 5.75 Å². The van der Waals surface area contributed by atoms with Crippen molar-refractivity contribution in [2.24, 2.45) is 5.92 Å². The molecule has 36 heavy (non-hydrogen) atoms. The van der Waals surface area contributed by atoms with Gasteiger partial charge in [0.2, 0.25) is 5.91 Å². The molecule has 0 bridgehead atoms. The Kier molecular flexibility index (Phi) is 8.05. The van der Waals surface area contributed by atoms with Crippen LogP contribution >= 0.6 is 11.3 Å². The van der Waals surface area contributed by atoms with Gasteiger partial charge in [0.15, 0.2) is 0 Å². The smallest absolute Gasteiger partial charge is 0.237 e. The van der Waals surface area contributed by atoms with Crippen LogP contribution in [-0.2, 0) is 17.6 Å². The van der Waals surface area contributed by atoms with Crippen LogP contribution in [0.2, 0.25) is 0 Å². The lowest BCUT2D eigenvalue weighted by Gasteiger charge is -2.37. The summed E-state index contributed by atoms with van der Waals surface area (Å²) in [7, 11) is 0. The first kappa shape index (κ1) is 25.0. The van der Waals surface area contributed by atoms with Crippen LogP contribution in [0.3, 0.4) is 0 Å². The van der Waals surface area contributed by atoms with E-state index in [4.69, 9.17) is 4.74 Å². The Balaban J connectivity index is 1.25. The lowest BCUT2D eigenvalue weighted by Crippen LogP contribution is -2.48. The molecule has 0 saturated heterocycles. The number of hydrogen-bond donors (Lipinski definition) is 1. The molecule has 2 atom stereocenters. The first-order valence-corrected chi connectivity index (χ1v) is 13.9. The number of carbonyl (C=O) groups excluding carboxylic acids is 1. The quantitative estimate of drug-likeness (QED) is 0.405. The SMILES string of the molecule is Cc1ccc(OC[C@H]2c3ccsc3CCN2C(=O)CN(CC2CC2)C[C@@H](O)Cc2ccccc2)cc1. The minimum absolute atomic E-state index is 0.0918. The molecule has 1 aliphatic heterocycles. The minimum atomic E-state index is -0.496. The van der Waals surface area contributed by atoms with Crippen molar-refractivity contribution in [2.45, 2.75) is 44.8 Å². The number of nitrogens with zero attached hydrogens (tertiary/aromatic N) is 2. The lowest BCUT2D eigenvalue weighted by molar-refractivity contribution is -0.136. The van der Waals surface area contributed by atoms with Gasteiger partial charge in [-0.1, -0.05) is 48.0 Å². The number of fused-ring (bicyclic) bond motifs is 1. The van der Waals surface area contributed by atoms with Crippen LogP contribution in [-0.4, -0.2) is 59.7 Å². The van der Waals surface area contributed by atoms with Gasteiger partial charge < -0.3 is 14.7 Å². The third-order valence-corrected chi connectivity index (χ3v) is 8.20. The highest BCUT2D eigenvalue weighted by Gasteiger charge is 2.34. The van der Waals surface area contributed by atoms with Gasteiger partial charge in [0, 0.05) is 24.5 Å². The van der Waals surface area contributed by atoms with E-state index in [1.165, 1.54) is 28.8 Å². The van der Waals surface area contributed by atoms with Crippen LogP contribution in [0.1, 0.15) is 40.5 Å². The van der Waals surface area contributed by atoms with Crippen LogP contribution in [0.5, 0.6) is 5.75 Å². The topological polar surface area (TPSA) is 53.0 Å². The number of benzene rings is 2. The summed E-state index contributed by atoms with van der Waals surface area (Å²) in [6.07, 6.45) is 3.43. The number of amides is 1. The van der Waals surface area contributed by atoms with Gasteiger partial charge in [-0.3, -0.25) is 9.69 Å². The zero-order valence-electron chi connectivity index (χ0n) is 21.0. The first-order valence-electron chi connectivity index (χ1n) is 13.0. The Morgan fingerprint density at radius 2 is 1.92 bits per heavy atom. The average molecular weight is 505 g/mol. The molecule has 1 aliphatic carbocycles. The first-order chi connectivity index (χ1) is 17.5. The average Bonchev–Trinajstić information content (AvgIpc) is 3.55. The van der Waals surface area contributed by atoms with Crippen molar-refractivity contribution in [1.82, 2.24) is 9.80 Å². The molecular formula is C30H36N2O3S.